The van der Waals surface area contributed by atoms with E-state index >= 15 is 0 Å². The first-order valence-electron chi connectivity index (χ1n) is 10.4. The molecule has 170 valence electrons. The predicted octanol–water partition coefficient (Wildman–Crippen LogP) is 9.31. The third-order valence-electron chi connectivity index (χ3n) is 5.30. The van der Waals surface area contributed by atoms with E-state index in [4.69, 9.17) is 29.7 Å². The molecule has 0 unspecified atom stereocenters. The minimum atomic E-state index is -0.556. The quantitative estimate of drug-likeness (QED) is 0.209. The van der Waals surface area contributed by atoms with Crippen LogP contribution in [0.3, 0.4) is 0 Å². The van der Waals surface area contributed by atoms with Crippen molar-refractivity contribution in [2.75, 3.05) is 0 Å². The Labute approximate surface area is 212 Å². The van der Waals surface area contributed by atoms with E-state index in [1.54, 1.807) is 24.3 Å². The van der Waals surface area contributed by atoms with Crippen molar-refractivity contribution in [2.45, 2.75) is 50.5 Å². The molecule has 0 heterocycles. The second-order valence-electron chi connectivity index (χ2n) is 7.52. The molecule has 2 aromatic carbocycles. The zero-order valence-electron chi connectivity index (χ0n) is 17.5. The predicted molar refractivity (Wildman–Crippen MR) is 128 cm³/mol. The fraction of sp³-hybridized carbons (Fsp3) is 0.333. The number of halogens is 6. The number of rotatable bonds is 1. The molecule has 1 fully saturated rings. The van der Waals surface area contributed by atoms with Crippen LogP contribution in [0.1, 0.15) is 49.7 Å². The molecule has 5 rings (SSSR count). The SMILES string of the molecule is Cl[Si]C1CCCCC1.FC1=CCC=C1.Fc1ccc2c(c1)-c1cc(F)ccc1C2.[Cl][Ti][Cl]. The van der Waals surface area contributed by atoms with E-state index in [1.165, 1.54) is 62.4 Å². The molecule has 0 nitrogen and oxygen atoms in total. The monoisotopic (exact) mass is 550 g/mol. The Morgan fingerprint density at radius 2 is 1.38 bits per heavy atom. The summed E-state index contributed by atoms with van der Waals surface area (Å²) in [6.45, 7) is 0. The molecular weight excluding hydrogens is 528 g/mol. The average Bonchev–Trinajstić information content (AvgIpc) is 3.42. The molecule has 1 saturated carbocycles. The summed E-state index contributed by atoms with van der Waals surface area (Å²) in [7, 11) is 10.5. The molecule has 0 bridgehead atoms. The molecule has 0 aliphatic heterocycles. The van der Waals surface area contributed by atoms with Crippen molar-refractivity contribution >= 4 is 38.5 Å². The molecule has 0 spiro atoms. The van der Waals surface area contributed by atoms with Gasteiger partial charge in [-0.1, -0.05) is 50.3 Å². The number of fused-ring (bicyclic) bond motifs is 3. The molecular formula is C24H24Cl3F3SiTi. The maximum atomic E-state index is 13.1. The molecule has 2 radical (unpaired) electrons. The van der Waals surface area contributed by atoms with Gasteiger partial charge in [0.25, 0.3) is 0 Å². The molecule has 3 aliphatic carbocycles. The van der Waals surface area contributed by atoms with Crippen LogP contribution in [0, 0.1) is 11.6 Å². The fourth-order valence-corrected chi connectivity index (χ4v) is 5.03. The third kappa shape index (κ3) is 9.40. The van der Waals surface area contributed by atoms with Gasteiger partial charge in [-0.3, -0.25) is 0 Å². The molecule has 3 aliphatic rings. The summed E-state index contributed by atoms with van der Waals surface area (Å²) >= 11 is 5.15. The molecule has 0 atom stereocenters. The van der Waals surface area contributed by atoms with Crippen LogP contribution < -0.4 is 0 Å². The Bertz CT molecular complexity index is 863. The van der Waals surface area contributed by atoms with E-state index in [9.17, 15) is 13.2 Å². The van der Waals surface area contributed by atoms with E-state index in [0.717, 1.165) is 40.6 Å². The fourth-order valence-electron chi connectivity index (χ4n) is 3.75. The maximum absolute atomic E-state index is 13.1. The standard InChI is InChI=1S/C13H8F2.C6H11ClSi.C5H5F.2ClH.Ti/c14-10-3-1-8-5-9-2-4-11(15)7-13(9)12(8)6-10;7-8-6-4-2-1-3-5-6;6-5-3-1-2-4-5;;;/h1-4,6-7H,5H2;6H,1-5H2;1,3-4H,2H2;2*1H;/q;;;;;+2/p-2. The van der Waals surface area contributed by atoms with Gasteiger partial charge in [0.15, 0.2) is 8.83 Å². The van der Waals surface area contributed by atoms with Crippen LogP contribution >= 0.6 is 29.7 Å². The topological polar surface area (TPSA) is 0 Å². The molecule has 2 aromatic rings. The van der Waals surface area contributed by atoms with Crippen molar-refractivity contribution in [3.05, 3.63) is 83.2 Å². The van der Waals surface area contributed by atoms with Gasteiger partial charge >= 0.3 is 35.6 Å². The van der Waals surface area contributed by atoms with E-state index in [2.05, 4.69) is 0 Å². The average molecular weight is 552 g/mol. The van der Waals surface area contributed by atoms with E-state index < -0.39 is 17.0 Å². The van der Waals surface area contributed by atoms with Crippen LogP contribution in [0.2, 0.25) is 5.54 Å². The van der Waals surface area contributed by atoms with Crippen LogP contribution in [0.15, 0.2) is 60.5 Å². The Morgan fingerprint density at radius 1 is 0.844 bits per heavy atom. The number of hydrogen-bond acceptors (Lipinski definition) is 0. The second-order valence-corrected chi connectivity index (χ2v) is 11.8. The normalized spacial score (nSPS) is 15.6. The first-order chi connectivity index (χ1) is 15.5. The van der Waals surface area contributed by atoms with Crippen molar-refractivity contribution < 1.29 is 30.2 Å². The molecule has 8 heteroatoms. The number of benzene rings is 2. The Hall–Kier alpha value is -0.489. The number of hydrogen-bond donors (Lipinski definition) is 0. The zero-order chi connectivity index (χ0) is 23.3. The molecule has 0 N–H and O–H groups in total. The molecule has 32 heavy (non-hydrogen) atoms. The summed E-state index contributed by atoms with van der Waals surface area (Å²) in [4.78, 5) is 0. The summed E-state index contributed by atoms with van der Waals surface area (Å²) in [6, 6.07) is 9.37. The summed E-state index contributed by atoms with van der Waals surface area (Å²) in [5.41, 5.74) is 4.66. The number of allylic oxidation sites excluding steroid dienone is 4. The van der Waals surface area contributed by atoms with Crippen molar-refractivity contribution in [1.29, 1.82) is 0 Å². The van der Waals surface area contributed by atoms with Crippen LogP contribution in [0.5, 0.6) is 0 Å². The van der Waals surface area contributed by atoms with E-state index in [-0.39, 0.29) is 17.5 Å². The van der Waals surface area contributed by atoms with Crippen LogP contribution in [0.4, 0.5) is 13.2 Å². The summed E-state index contributed by atoms with van der Waals surface area (Å²) in [5, 5.41) is 0. The Morgan fingerprint density at radius 3 is 1.72 bits per heavy atom. The van der Waals surface area contributed by atoms with Gasteiger partial charge in [0, 0.05) is 0 Å². The summed E-state index contributed by atoms with van der Waals surface area (Å²) < 4.78 is 37.8. The van der Waals surface area contributed by atoms with Gasteiger partial charge < -0.3 is 0 Å². The van der Waals surface area contributed by atoms with Crippen molar-refractivity contribution in [2.24, 2.45) is 0 Å². The Balaban J connectivity index is 0.000000180. The van der Waals surface area contributed by atoms with Crippen molar-refractivity contribution in [1.82, 2.24) is 0 Å². The molecule has 0 saturated heterocycles. The van der Waals surface area contributed by atoms with Crippen LogP contribution in [-0.4, -0.2) is 8.83 Å². The summed E-state index contributed by atoms with van der Waals surface area (Å²) in [6.07, 6.45) is 13.4. The van der Waals surface area contributed by atoms with Gasteiger partial charge in [-0.15, -0.1) is 0 Å². The first kappa shape index (κ1) is 27.8. The first-order valence-corrected chi connectivity index (χ1v) is 16.8. The molecule has 0 aromatic heterocycles. The van der Waals surface area contributed by atoms with Gasteiger partial charge in [0.2, 0.25) is 0 Å². The van der Waals surface area contributed by atoms with Gasteiger partial charge in [0.1, 0.15) is 17.5 Å². The zero-order valence-corrected chi connectivity index (χ0v) is 22.3. The van der Waals surface area contributed by atoms with Gasteiger partial charge in [0.05, 0.1) is 0 Å². The second kappa shape index (κ2) is 15.4. The van der Waals surface area contributed by atoms with Crippen LogP contribution in [0.25, 0.3) is 11.1 Å². The Kier molecular flexibility index (Phi) is 13.4. The van der Waals surface area contributed by atoms with Gasteiger partial charge in [-0.2, -0.15) is 11.1 Å². The van der Waals surface area contributed by atoms with E-state index in [1.807, 2.05) is 0 Å². The third-order valence-corrected chi connectivity index (χ3v) is 7.11. The van der Waals surface area contributed by atoms with Crippen LogP contribution in [-0.2, 0) is 23.5 Å². The molecule has 0 amide bonds. The van der Waals surface area contributed by atoms with Crippen molar-refractivity contribution in [3.8, 4) is 11.1 Å². The summed E-state index contributed by atoms with van der Waals surface area (Å²) in [5.74, 6) is -0.647. The van der Waals surface area contributed by atoms with Gasteiger partial charge in [-0.25, -0.2) is 13.2 Å². The minimum absolute atomic E-state index is 0.102. The van der Waals surface area contributed by atoms with Crippen molar-refractivity contribution in [3.63, 3.8) is 0 Å². The van der Waals surface area contributed by atoms with E-state index in [0.29, 0.717) is 8.83 Å². The van der Waals surface area contributed by atoms with Gasteiger partial charge in [-0.05, 0) is 77.1 Å².